The van der Waals surface area contributed by atoms with Gasteiger partial charge in [0.15, 0.2) is 11.5 Å². The Morgan fingerprint density at radius 1 is 1.20 bits per heavy atom. The van der Waals surface area contributed by atoms with Crippen LogP contribution in [0.1, 0.15) is 35.2 Å². The van der Waals surface area contributed by atoms with E-state index < -0.39 is 5.91 Å². The number of carbonyl (C=O) groups excluding carboxylic acids is 1. The topological polar surface area (TPSA) is 89.4 Å². The van der Waals surface area contributed by atoms with E-state index in [1.165, 1.54) is 38.6 Å². The number of rotatable bonds is 11. The molecule has 0 saturated heterocycles. The lowest BCUT2D eigenvalue weighted by atomic mass is 10.2. The van der Waals surface area contributed by atoms with Gasteiger partial charge in [-0.2, -0.15) is 5.10 Å². The number of phenols is 1. The minimum absolute atomic E-state index is 0.0844. The minimum Gasteiger partial charge on any atom is -0.506 e. The molecule has 7 nitrogen and oxygen atoms in total. The number of unbranched alkanes of at least 4 members (excludes halogenated alkanes) is 2. The number of hydrogen-bond acceptors (Lipinski definition) is 6. The number of hydrogen-bond donors (Lipinski definition) is 2. The molecule has 0 fully saturated rings. The molecule has 0 bridgehead atoms. The molecule has 0 atom stereocenters. The Labute approximate surface area is 180 Å². The monoisotopic (exact) mass is 432 g/mol. The molecule has 2 aromatic carbocycles. The molecule has 0 aliphatic heterocycles. The number of aromatic hydroxyl groups is 1. The summed E-state index contributed by atoms with van der Waals surface area (Å²) in [4.78, 5) is 12.2. The molecule has 2 aromatic rings. The Morgan fingerprint density at radius 3 is 2.50 bits per heavy atom. The number of carbonyl (C=O) groups is 1. The number of halogens is 1. The van der Waals surface area contributed by atoms with Crippen LogP contribution in [0, 0.1) is 0 Å². The van der Waals surface area contributed by atoms with Gasteiger partial charge in [-0.25, -0.2) is 5.43 Å². The van der Waals surface area contributed by atoms with Crippen molar-refractivity contribution >= 4 is 23.7 Å². The average molecular weight is 433 g/mol. The van der Waals surface area contributed by atoms with E-state index in [9.17, 15) is 9.90 Å². The van der Waals surface area contributed by atoms with Crippen LogP contribution in [-0.2, 0) is 0 Å². The summed E-state index contributed by atoms with van der Waals surface area (Å²) in [6.45, 7) is 4.23. The summed E-state index contributed by atoms with van der Waals surface area (Å²) in [5, 5.41) is 13.5. The Kier molecular flexibility index (Phi) is 9.03. The van der Waals surface area contributed by atoms with E-state index in [1.54, 1.807) is 12.1 Å². The van der Waals surface area contributed by atoms with Gasteiger partial charge in [0.2, 0.25) is 5.75 Å². The lowest BCUT2D eigenvalue weighted by Gasteiger charge is -2.15. The average Bonchev–Trinajstić information content (AvgIpc) is 2.75. The zero-order valence-corrected chi connectivity index (χ0v) is 17.7. The number of amides is 1. The van der Waals surface area contributed by atoms with Gasteiger partial charge >= 0.3 is 0 Å². The van der Waals surface area contributed by atoms with Crippen molar-refractivity contribution in [1.29, 1.82) is 0 Å². The molecule has 0 unspecified atom stereocenters. The molecule has 0 spiro atoms. The van der Waals surface area contributed by atoms with E-state index >= 15 is 0 Å². The van der Waals surface area contributed by atoms with Gasteiger partial charge in [-0.05, 0) is 49.6 Å². The van der Waals surface area contributed by atoms with Gasteiger partial charge in [-0.1, -0.05) is 17.7 Å². The van der Waals surface area contributed by atoms with Crippen LogP contribution in [0.2, 0.25) is 5.02 Å². The maximum absolute atomic E-state index is 12.2. The molecule has 0 radical (unpaired) electrons. The largest absolute Gasteiger partial charge is 0.506 e. The van der Waals surface area contributed by atoms with Crippen molar-refractivity contribution in [3.63, 3.8) is 0 Å². The quantitative estimate of drug-likeness (QED) is 0.235. The molecule has 2 N–H and O–H groups in total. The standard InChI is InChI=1S/C22H25ClN2O5/c1-4-5-6-7-10-30-21-19(28-2)11-15(12-20(21)29-3)14-24-25-22(27)16-8-9-18(26)17(23)13-16/h4,8-9,11-14,26H,1,5-7,10H2,2-3H3,(H,25,27). The van der Waals surface area contributed by atoms with E-state index in [0.29, 0.717) is 29.4 Å². The second-order valence-corrected chi connectivity index (χ2v) is 6.66. The summed E-state index contributed by atoms with van der Waals surface area (Å²) in [7, 11) is 3.08. The minimum atomic E-state index is -0.466. The fraction of sp³-hybridized carbons (Fsp3) is 0.273. The number of nitrogens with one attached hydrogen (secondary N) is 1. The van der Waals surface area contributed by atoms with E-state index in [1.807, 2.05) is 6.08 Å². The van der Waals surface area contributed by atoms with Crippen molar-refractivity contribution in [3.8, 4) is 23.0 Å². The van der Waals surface area contributed by atoms with Crippen LogP contribution in [0.25, 0.3) is 0 Å². The van der Waals surface area contributed by atoms with Gasteiger partial charge in [-0.15, -0.1) is 6.58 Å². The van der Waals surface area contributed by atoms with Crippen molar-refractivity contribution in [1.82, 2.24) is 5.43 Å². The summed E-state index contributed by atoms with van der Waals surface area (Å²) < 4.78 is 16.7. The van der Waals surface area contributed by atoms with Crippen LogP contribution in [0.5, 0.6) is 23.0 Å². The maximum atomic E-state index is 12.2. The first-order valence-electron chi connectivity index (χ1n) is 9.31. The van der Waals surface area contributed by atoms with Crippen molar-refractivity contribution in [2.45, 2.75) is 19.3 Å². The first-order valence-corrected chi connectivity index (χ1v) is 9.69. The third-order valence-electron chi connectivity index (χ3n) is 4.12. The summed E-state index contributed by atoms with van der Waals surface area (Å²) in [5.41, 5.74) is 3.32. The predicted octanol–water partition coefficient (Wildman–Crippen LogP) is 4.56. The Balaban J connectivity index is 2.08. The lowest BCUT2D eigenvalue weighted by molar-refractivity contribution is 0.0955. The second-order valence-electron chi connectivity index (χ2n) is 6.25. The fourth-order valence-electron chi connectivity index (χ4n) is 2.56. The molecule has 2 rings (SSSR count). The highest BCUT2D eigenvalue weighted by Crippen LogP contribution is 2.38. The Bertz CT molecular complexity index is 889. The molecule has 0 aliphatic rings. The molecule has 0 heterocycles. The van der Waals surface area contributed by atoms with Crippen LogP contribution in [-0.4, -0.2) is 38.1 Å². The Hall–Kier alpha value is -3.19. The molecular weight excluding hydrogens is 408 g/mol. The molecule has 0 aromatic heterocycles. The van der Waals surface area contributed by atoms with E-state index in [2.05, 4.69) is 17.1 Å². The normalized spacial score (nSPS) is 10.6. The molecule has 1 amide bonds. The third kappa shape index (κ3) is 6.42. The van der Waals surface area contributed by atoms with Gasteiger partial charge in [0.05, 0.1) is 32.1 Å². The van der Waals surface area contributed by atoms with Crippen molar-refractivity contribution in [3.05, 3.63) is 59.1 Å². The number of phenolic OH excluding ortho intramolecular Hbond substituents is 1. The second kappa shape index (κ2) is 11.7. The molecule has 160 valence electrons. The van der Waals surface area contributed by atoms with Gasteiger partial charge < -0.3 is 19.3 Å². The number of nitrogens with zero attached hydrogens (tertiary/aromatic N) is 1. The number of benzene rings is 2. The first kappa shape index (κ1) is 23.1. The zero-order chi connectivity index (χ0) is 21.9. The van der Waals surface area contributed by atoms with Crippen molar-refractivity contribution in [2.75, 3.05) is 20.8 Å². The summed E-state index contributed by atoms with van der Waals surface area (Å²) in [6.07, 6.45) is 6.15. The first-order chi connectivity index (χ1) is 14.5. The van der Waals surface area contributed by atoms with Gasteiger partial charge in [0.25, 0.3) is 5.91 Å². The van der Waals surface area contributed by atoms with E-state index in [0.717, 1.165) is 19.3 Å². The van der Waals surface area contributed by atoms with Crippen LogP contribution in [0.15, 0.2) is 48.1 Å². The third-order valence-corrected chi connectivity index (χ3v) is 4.42. The predicted molar refractivity (Wildman–Crippen MR) is 117 cm³/mol. The van der Waals surface area contributed by atoms with Crippen LogP contribution < -0.4 is 19.6 Å². The highest BCUT2D eigenvalue weighted by molar-refractivity contribution is 6.32. The van der Waals surface area contributed by atoms with Gasteiger partial charge in [-0.3, -0.25) is 4.79 Å². The molecule has 0 saturated carbocycles. The van der Waals surface area contributed by atoms with Crippen molar-refractivity contribution in [2.24, 2.45) is 5.10 Å². The summed E-state index contributed by atoms with van der Waals surface area (Å²) in [6, 6.07) is 7.60. The Morgan fingerprint density at radius 2 is 1.90 bits per heavy atom. The van der Waals surface area contributed by atoms with Gasteiger partial charge in [0.1, 0.15) is 5.75 Å². The highest BCUT2D eigenvalue weighted by atomic mass is 35.5. The smallest absolute Gasteiger partial charge is 0.271 e. The SMILES string of the molecule is C=CCCCCOc1c(OC)cc(C=NNC(=O)c2ccc(O)c(Cl)c2)cc1OC. The van der Waals surface area contributed by atoms with E-state index in [-0.39, 0.29) is 16.3 Å². The summed E-state index contributed by atoms with van der Waals surface area (Å²) in [5.74, 6) is 0.941. The molecule has 30 heavy (non-hydrogen) atoms. The molecule has 0 aliphatic carbocycles. The fourth-order valence-corrected chi connectivity index (χ4v) is 2.74. The van der Waals surface area contributed by atoms with Crippen molar-refractivity contribution < 1.29 is 24.1 Å². The number of methoxy groups -OCH3 is 2. The maximum Gasteiger partial charge on any atom is 0.271 e. The number of ether oxygens (including phenoxy) is 3. The molecule has 8 heteroatoms. The highest BCUT2D eigenvalue weighted by Gasteiger charge is 2.14. The van der Waals surface area contributed by atoms with E-state index in [4.69, 9.17) is 25.8 Å². The molecular formula is C22H25ClN2O5. The lowest BCUT2D eigenvalue weighted by Crippen LogP contribution is -2.17. The number of allylic oxidation sites excluding steroid dienone is 1. The van der Waals surface area contributed by atoms with Gasteiger partial charge in [0, 0.05) is 11.1 Å². The number of hydrazone groups is 1. The van der Waals surface area contributed by atoms with Crippen LogP contribution in [0.4, 0.5) is 0 Å². The van der Waals surface area contributed by atoms with Crippen LogP contribution in [0.3, 0.4) is 0 Å². The van der Waals surface area contributed by atoms with Crippen LogP contribution >= 0.6 is 11.6 Å². The zero-order valence-electron chi connectivity index (χ0n) is 17.0. The summed E-state index contributed by atoms with van der Waals surface area (Å²) >= 11 is 5.82.